The monoisotopic (exact) mass is 637 g/mol. The molecule has 0 spiro atoms. The molecule has 4 bridgehead atoms. The van der Waals surface area contributed by atoms with Crippen LogP contribution >= 0.6 is 11.3 Å². The smallest absolute Gasteiger partial charge is 0.0476 e. The van der Waals surface area contributed by atoms with E-state index in [0.29, 0.717) is 5.41 Å². The summed E-state index contributed by atoms with van der Waals surface area (Å²) >= 11 is 1.88. The molecule has 0 atom stereocenters. The number of hydrogen-bond donors (Lipinski definition) is 0. The fourth-order valence-electron chi connectivity index (χ4n) is 10.0. The van der Waals surface area contributed by atoms with Gasteiger partial charge in [0.25, 0.3) is 0 Å². The zero-order valence-corrected chi connectivity index (χ0v) is 28.0. The average Bonchev–Trinajstić information content (AvgIpc) is 3.50. The second-order valence-corrected chi connectivity index (χ2v) is 15.9. The molecule has 1 heterocycles. The third-order valence-corrected chi connectivity index (χ3v) is 13.0. The number of nitrogens with zero attached hydrogens (tertiary/aromatic N) is 1. The second kappa shape index (κ2) is 11.2. The summed E-state index contributed by atoms with van der Waals surface area (Å²) in [6.45, 7) is 0. The van der Waals surface area contributed by atoms with Gasteiger partial charge in [-0.25, -0.2) is 0 Å². The number of hydrogen-bond acceptors (Lipinski definition) is 2. The Bertz CT molecular complexity index is 2230. The molecular weight excluding hydrogens is 599 g/mol. The molecule has 11 rings (SSSR count). The van der Waals surface area contributed by atoms with E-state index in [1.54, 1.807) is 5.56 Å². The summed E-state index contributed by atoms with van der Waals surface area (Å²) in [4.78, 5) is 2.41. The van der Waals surface area contributed by atoms with Gasteiger partial charge < -0.3 is 4.90 Å². The van der Waals surface area contributed by atoms with Crippen LogP contribution in [-0.2, 0) is 5.41 Å². The molecule has 4 saturated carbocycles. The minimum atomic E-state index is 0.415. The molecule has 1 aromatic heterocycles. The first kappa shape index (κ1) is 28.4. The normalized spacial score (nSPS) is 22.8. The first-order valence-electron chi connectivity index (χ1n) is 17.8. The summed E-state index contributed by atoms with van der Waals surface area (Å²) in [5.41, 5.74) is 10.6. The van der Waals surface area contributed by atoms with E-state index in [0.717, 1.165) is 23.4 Å². The first-order chi connectivity index (χ1) is 23.7. The zero-order chi connectivity index (χ0) is 31.7. The predicted molar refractivity (Wildman–Crippen MR) is 205 cm³/mol. The van der Waals surface area contributed by atoms with Crippen LogP contribution in [0.1, 0.15) is 44.1 Å². The van der Waals surface area contributed by atoms with E-state index in [-0.39, 0.29) is 0 Å². The van der Waals surface area contributed by atoms with Crippen molar-refractivity contribution in [2.45, 2.75) is 43.9 Å². The van der Waals surface area contributed by atoms with Crippen molar-refractivity contribution in [3.63, 3.8) is 0 Å². The summed E-state index contributed by atoms with van der Waals surface area (Å²) in [6, 6.07) is 54.3. The van der Waals surface area contributed by atoms with Crippen LogP contribution in [0.5, 0.6) is 0 Å². The lowest BCUT2D eigenvalue weighted by Crippen LogP contribution is -2.48. The van der Waals surface area contributed by atoms with Crippen LogP contribution in [0, 0.1) is 17.8 Å². The van der Waals surface area contributed by atoms with Gasteiger partial charge in [0.15, 0.2) is 0 Å². The topological polar surface area (TPSA) is 3.24 Å². The van der Waals surface area contributed by atoms with Crippen molar-refractivity contribution in [3.8, 4) is 22.3 Å². The van der Waals surface area contributed by atoms with Crippen LogP contribution in [0.4, 0.5) is 17.1 Å². The molecule has 4 aliphatic carbocycles. The highest BCUT2D eigenvalue weighted by atomic mass is 32.1. The summed E-state index contributed by atoms with van der Waals surface area (Å²) in [5, 5.41) is 2.66. The van der Waals surface area contributed by atoms with E-state index in [1.807, 2.05) is 11.3 Å². The third-order valence-electron chi connectivity index (χ3n) is 11.8. The number of rotatable bonds is 6. The molecule has 2 heteroatoms. The van der Waals surface area contributed by atoms with Gasteiger partial charge >= 0.3 is 0 Å². The molecule has 7 aromatic rings. The van der Waals surface area contributed by atoms with Crippen LogP contribution in [0.2, 0.25) is 0 Å². The quantitative estimate of drug-likeness (QED) is 0.175. The van der Waals surface area contributed by atoms with E-state index in [1.165, 1.54) is 92.3 Å². The van der Waals surface area contributed by atoms with Gasteiger partial charge in [-0.05, 0) is 132 Å². The van der Waals surface area contributed by atoms with Gasteiger partial charge in [0.1, 0.15) is 0 Å². The molecule has 0 N–H and O–H groups in total. The average molecular weight is 638 g/mol. The van der Waals surface area contributed by atoms with Crippen LogP contribution < -0.4 is 4.90 Å². The Morgan fingerprint density at radius 2 is 0.979 bits per heavy atom. The van der Waals surface area contributed by atoms with Crippen molar-refractivity contribution in [2.75, 3.05) is 4.90 Å². The standard InChI is InChI=1S/C46H39NS/c1-2-7-34(8-3-1)35-13-17-39(18-14-35)47(41-21-22-43-42-11-4-5-12-44(42)48-45(43)27-41)40-19-15-36(16-20-40)37-9-6-10-38(26-37)46-28-31-23-32(29-46)25-33(24-31)30-46/h1-22,26-27,31-33H,23-25,28-30H2. The van der Waals surface area contributed by atoms with Crippen LogP contribution in [0.25, 0.3) is 42.4 Å². The van der Waals surface area contributed by atoms with Gasteiger partial charge in [-0.15, -0.1) is 11.3 Å². The van der Waals surface area contributed by atoms with Crippen molar-refractivity contribution in [1.82, 2.24) is 0 Å². The van der Waals surface area contributed by atoms with Crippen molar-refractivity contribution >= 4 is 48.6 Å². The highest BCUT2D eigenvalue weighted by molar-refractivity contribution is 7.25. The fraction of sp³-hybridized carbons (Fsp3) is 0.217. The van der Waals surface area contributed by atoms with E-state index in [4.69, 9.17) is 0 Å². The SMILES string of the molecule is c1ccc(-c2ccc(N(c3ccc(-c4cccc(C56CC7CC(CC(C7)C5)C6)c4)cc3)c3ccc4c(c3)sc3ccccc34)cc2)cc1. The molecule has 234 valence electrons. The Morgan fingerprint density at radius 1 is 0.438 bits per heavy atom. The highest BCUT2D eigenvalue weighted by Crippen LogP contribution is 2.61. The maximum atomic E-state index is 2.54. The molecular formula is C46H39NS. The van der Waals surface area contributed by atoms with Crippen molar-refractivity contribution in [3.05, 3.63) is 151 Å². The molecule has 0 radical (unpaired) electrons. The van der Waals surface area contributed by atoms with Gasteiger partial charge in [-0.3, -0.25) is 0 Å². The number of benzene rings is 6. The number of thiophene rings is 1. The van der Waals surface area contributed by atoms with Gasteiger partial charge in [0.2, 0.25) is 0 Å². The molecule has 4 fully saturated rings. The lowest BCUT2D eigenvalue weighted by atomic mass is 9.48. The minimum absolute atomic E-state index is 0.415. The Kier molecular flexibility index (Phi) is 6.62. The first-order valence-corrected chi connectivity index (χ1v) is 18.6. The summed E-state index contributed by atoms with van der Waals surface area (Å²) < 4.78 is 2.65. The van der Waals surface area contributed by atoms with Crippen LogP contribution in [0.15, 0.2) is 146 Å². The lowest BCUT2D eigenvalue weighted by Gasteiger charge is -2.57. The van der Waals surface area contributed by atoms with Crippen molar-refractivity contribution in [2.24, 2.45) is 17.8 Å². The van der Waals surface area contributed by atoms with E-state index >= 15 is 0 Å². The third kappa shape index (κ3) is 4.80. The van der Waals surface area contributed by atoms with Crippen LogP contribution in [0.3, 0.4) is 0 Å². The van der Waals surface area contributed by atoms with Gasteiger partial charge in [-0.1, -0.05) is 103 Å². The Hall–Kier alpha value is -4.66. The molecule has 0 saturated heterocycles. The Labute approximate surface area is 287 Å². The Balaban J connectivity index is 1.02. The van der Waals surface area contributed by atoms with Gasteiger partial charge in [0, 0.05) is 37.2 Å². The van der Waals surface area contributed by atoms with E-state index in [2.05, 4.69) is 150 Å². The zero-order valence-electron chi connectivity index (χ0n) is 27.2. The highest BCUT2D eigenvalue weighted by Gasteiger charge is 2.51. The Morgan fingerprint density at radius 3 is 1.67 bits per heavy atom. The van der Waals surface area contributed by atoms with Crippen LogP contribution in [-0.4, -0.2) is 0 Å². The van der Waals surface area contributed by atoms with E-state index in [9.17, 15) is 0 Å². The molecule has 48 heavy (non-hydrogen) atoms. The maximum absolute atomic E-state index is 2.54. The molecule has 6 aromatic carbocycles. The largest absolute Gasteiger partial charge is 0.310 e. The maximum Gasteiger partial charge on any atom is 0.0476 e. The number of anilines is 3. The second-order valence-electron chi connectivity index (χ2n) is 14.9. The minimum Gasteiger partial charge on any atom is -0.310 e. The van der Waals surface area contributed by atoms with E-state index < -0.39 is 0 Å². The summed E-state index contributed by atoms with van der Waals surface area (Å²) in [7, 11) is 0. The molecule has 0 unspecified atom stereocenters. The molecule has 1 nitrogen and oxygen atoms in total. The fourth-order valence-corrected chi connectivity index (χ4v) is 11.2. The lowest BCUT2D eigenvalue weighted by molar-refractivity contribution is -0.00516. The van der Waals surface area contributed by atoms with Crippen molar-refractivity contribution < 1.29 is 0 Å². The predicted octanol–water partition coefficient (Wildman–Crippen LogP) is 13.3. The van der Waals surface area contributed by atoms with Crippen molar-refractivity contribution in [1.29, 1.82) is 0 Å². The summed E-state index contributed by atoms with van der Waals surface area (Å²) in [6.07, 6.45) is 8.68. The molecule has 0 aliphatic heterocycles. The number of fused-ring (bicyclic) bond motifs is 3. The molecule has 0 amide bonds. The summed E-state index contributed by atoms with van der Waals surface area (Å²) in [5.74, 6) is 2.87. The van der Waals surface area contributed by atoms with Gasteiger partial charge in [0.05, 0.1) is 0 Å². The van der Waals surface area contributed by atoms with Gasteiger partial charge in [-0.2, -0.15) is 0 Å². The molecule has 4 aliphatic rings.